The summed E-state index contributed by atoms with van der Waals surface area (Å²) in [5, 5.41) is 15.2. The average molecular weight is 234 g/mol. The standard InChI is InChI=1S/C7H15BO2.CH5BO2.2CH4/c1-6(2)7(3,4)10-8(5)9-6;1-2(3)4;;/h1-5H3;3-4H,1H3;2*1H4. The van der Waals surface area contributed by atoms with Crippen molar-refractivity contribution >= 4 is 14.2 Å². The van der Waals surface area contributed by atoms with Gasteiger partial charge >= 0.3 is 14.2 Å². The van der Waals surface area contributed by atoms with Gasteiger partial charge in [-0.15, -0.1) is 0 Å². The molecule has 0 aromatic rings. The molecule has 1 aliphatic rings. The normalized spacial score (nSPS) is 19.9. The van der Waals surface area contributed by atoms with E-state index in [4.69, 9.17) is 19.4 Å². The van der Waals surface area contributed by atoms with Crippen molar-refractivity contribution in [3.8, 4) is 0 Å². The Morgan fingerprint density at radius 2 is 1.12 bits per heavy atom. The molecule has 0 bridgehead atoms. The summed E-state index contributed by atoms with van der Waals surface area (Å²) in [5.41, 5.74) is -0.321. The SMILES string of the molecule is C.C.CB(O)O.CB1OC(C)(C)C(C)(C)O1. The van der Waals surface area contributed by atoms with Crippen molar-refractivity contribution in [3.63, 3.8) is 0 Å². The first kappa shape index (κ1) is 21.3. The Morgan fingerprint density at radius 3 is 1.19 bits per heavy atom. The zero-order valence-corrected chi connectivity index (χ0v) is 9.87. The van der Waals surface area contributed by atoms with Crippen molar-refractivity contribution in [3.05, 3.63) is 0 Å². The van der Waals surface area contributed by atoms with E-state index in [-0.39, 0.29) is 33.2 Å². The van der Waals surface area contributed by atoms with Crippen LogP contribution in [0.4, 0.5) is 0 Å². The molecule has 0 saturated carbocycles. The quantitative estimate of drug-likeness (QED) is 0.630. The summed E-state index contributed by atoms with van der Waals surface area (Å²) >= 11 is 0. The van der Waals surface area contributed by atoms with E-state index in [0.29, 0.717) is 0 Å². The molecule has 1 aliphatic heterocycles. The third kappa shape index (κ3) is 6.53. The van der Waals surface area contributed by atoms with Crippen LogP contribution < -0.4 is 0 Å². The lowest BCUT2D eigenvalue weighted by molar-refractivity contribution is 0.00578. The molecule has 16 heavy (non-hydrogen) atoms. The summed E-state index contributed by atoms with van der Waals surface area (Å²) in [4.78, 5) is 0. The summed E-state index contributed by atoms with van der Waals surface area (Å²) in [6.45, 7) is 11.4. The van der Waals surface area contributed by atoms with E-state index >= 15 is 0 Å². The third-order valence-corrected chi connectivity index (χ3v) is 2.37. The molecule has 1 rings (SSSR count). The van der Waals surface area contributed by atoms with Gasteiger partial charge in [-0.2, -0.15) is 0 Å². The summed E-state index contributed by atoms with van der Waals surface area (Å²) in [6.07, 6.45) is 0. The Balaban J connectivity index is -0.000000249. The van der Waals surface area contributed by atoms with Crippen molar-refractivity contribution in [1.29, 1.82) is 0 Å². The highest BCUT2D eigenvalue weighted by Crippen LogP contribution is 2.36. The first-order valence-corrected chi connectivity index (χ1v) is 4.80. The van der Waals surface area contributed by atoms with Crippen molar-refractivity contribution < 1.29 is 19.4 Å². The molecule has 0 radical (unpaired) electrons. The van der Waals surface area contributed by atoms with Gasteiger partial charge in [0, 0.05) is 0 Å². The second-order valence-electron chi connectivity index (χ2n) is 4.46. The maximum absolute atomic E-state index is 7.61. The molecule has 1 saturated heterocycles. The van der Waals surface area contributed by atoms with Crippen LogP contribution in [0, 0.1) is 0 Å². The first-order chi connectivity index (χ1) is 6.08. The number of hydrogen-bond acceptors (Lipinski definition) is 4. The van der Waals surface area contributed by atoms with Crippen molar-refractivity contribution in [1.82, 2.24) is 0 Å². The summed E-state index contributed by atoms with van der Waals surface area (Å²) in [5.74, 6) is 0. The van der Waals surface area contributed by atoms with Crippen LogP contribution in [0.25, 0.3) is 0 Å². The second-order valence-corrected chi connectivity index (χ2v) is 4.46. The Kier molecular flexibility index (Phi) is 9.74. The molecule has 6 heteroatoms. The first-order valence-electron chi connectivity index (χ1n) is 4.80. The fourth-order valence-electron chi connectivity index (χ4n) is 1.14. The van der Waals surface area contributed by atoms with Crippen LogP contribution in [-0.4, -0.2) is 35.5 Å². The molecule has 4 nitrogen and oxygen atoms in total. The Hall–Kier alpha value is -0.0301. The van der Waals surface area contributed by atoms with Crippen LogP contribution in [0.2, 0.25) is 13.6 Å². The van der Waals surface area contributed by atoms with Crippen molar-refractivity contribution in [2.45, 2.75) is 67.4 Å². The predicted octanol–water partition coefficient (Wildman–Crippen LogP) is 2.07. The summed E-state index contributed by atoms with van der Waals surface area (Å²) in [7, 11) is -1.23. The molecular weight excluding hydrogens is 206 g/mol. The molecule has 0 aliphatic carbocycles. The van der Waals surface area contributed by atoms with E-state index in [9.17, 15) is 0 Å². The van der Waals surface area contributed by atoms with Crippen LogP contribution in [0.3, 0.4) is 0 Å². The minimum atomic E-state index is -1.17. The Bertz CT molecular complexity index is 165. The largest absolute Gasteiger partial charge is 0.454 e. The monoisotopic (exact) mass is 234 g/mol. The van der Waals surface area contributed by atoms with Gasteiger partial charge in [-0.3, -0.25) is 0 Å². The molecule has 98 valence electrons. The molecule has 0 amide bonds. The van der Waals surface area contributed by atoms with E-state index in [1.807, 2.05) is 6.82 Å². The van der Waals surface area contributed by atoms with E-state index in [1.165, 1.54) is 6.82 Å². The molecule has 0 atom stereocenters. The number of hydrogen-bond donors (Lipinski definition) is 2. The molecule has 2 N–H and O–H groups in total. The highest BCUT2D eigenvalue weighted by atomic mass is 16.7. The fraction of sp³-hybridized carbons (Fsp3) is 1.00. The van der Waals surface area contributed by atoms with Crippen LogP contribution in [0.1, 0.15) is 42.5 Å². The minimum Gasteiger partial charge on any atom is -0.427 e. The maximum Gasteiger partial charge on any atom is 0.454 e. The Labute approximate surface area is 102 Å². The highest BCUT2D eigenvalue weighted by Gasteiger charge is 2.48. The van der Waals surface area contributed by atoms with Gasteiger partial charge in [-0.1, -0.05) is 14.9 Å². The van der Waals surface area contributed by atoms with E-state index in [1.54, 1.807) is 0 Å². The van der Waals surface area contributed by atoms with Gasteiger partial charge < -0.3 is 19.4 Å². The smallest absolute Gasteiger partial charge is 0.427 e. The maximum atomic E-state index is 7.61. The lowest BCUT2D eigenvalue weighted by atomic mass is 9.90. The Morgan fingerprint density at radius 1 is 0.938 bits per heavy atom. The molecule has 0 aromatic carbocycles. The van der Waals surface area contributed by atoms with Gasteiger partial charge in [0.1, 0.15) is 0 Å². The van der Waals surface area contributed by atoms with E-state index in [0.717, 1.165) is 0 Å². The molecule has 0 spiro atoms. The lowest BCUT2D eigenvalue weighted by Gasteiger charge is -2.32. The van der Waals surface area contributed by atoms with Crippen LogP contribution in [0.15, 0.2) is 0 Å². The number of rotatable bonds is 0. The van der Waals surface area contributed by atoms with Crippen molar-refractivity contribution in [2.24, 2.45) is 0 Å². The molecular formula is C10H28B2O4. The predicted molar refractivity (Wildman–Crippen MR) is 71.5 cm³/mol. The molecule has 1 fully saturated rings. The minimum absolute atomic E-state index is 0. The zero-order valence-electron chi connectivity index (χ0n) is 9.87. The zero-order chi connectivity index (χ0) is 11.6. The topological polar surface area (TPSA) is 58.9 Å². The van der Waals surface area contributed by atoms with Gasteiger partial charge in [0.05, 0.1) is 11.2 Å². The average Bonchev–Trinajstić information content (AvgIpc) is 1.96. The van der Waals surface area contributed by atoms with E-state index in [2.05, 4.69) is 27.7 Å². The van der Waals surface area contributed by atoms with Gasteiger partial charge in [0.15, 0.2) is 0 Å². The van der Waals surface area contributed by atoms with Gasteiger partial charge in [-0.25, -0.2) is 0 Å². The van der Waals surface area contributed by atoms with Gasteiger partial charge in [0.25, 0.3) is 0 Å². The highest BCUT2D eigenvalue weighted by molar-refractivity contribution is 6.43. The van der Waals surface area contributed by atoms with Gasteiger partial charge in [-0.05, 0) is 41.3 Å². The van der Waals surface area contributed by atoms with Crippen LogP contribution in [0.5, 0.6) is 0 Å². The second kappa shape index (κ2) is 7.33. The van der Waals surface area contributed by atoms with Gasteiger partial charge in [0.2, 0.25) is 0 Å². The van der Waals surface area contributed by atoms with E-state index < -0.39 is 7.12 Å². The molecule has 0 aromatic heterocycles. The third-order valence-electron chi connectivity index (χ3n) is 2.37. The van der Waals surface area contributed by atoms with Crippen LogP contribution >= 0.6 is 0 Å². The summed E-state index contributed by atoms with van der Waals surface area (Å²) in [6, 6.07) is 0. The van der Waals surface area contributed by atoms with Crippen molar-refractivity contribution in [2.75, 3.05) is 0 Å². The molecule has 0 unspecified atom stereocenters. The summed E-state index contributed by atoms with van der Waals surface area (Å²) < 4.78 is 11.1. The molecule has 1 heterocycles. The fourth-order valence-corrected chi connectivity index (χ4v) is 1.14. The lowest BCUT2D eigenvalue weighted by Crippen LogP contribution is -2.41. The van der Waals surface area contributed by atoms with Crippen LogP contribution in [-0.2, 0) is 9.31 Å².